The monoisotopic (exact) mass is 424 g/mol. The molecule has 3 rings (SSSR count). The number of carbonyl (C=O) groups excluding carboxylic acids is 1. The SMILES string of the molecule is CCC(=Nc1ccc(N(C)C(=O)CCN)cc1)c1c(O)[nH]c2cc(OC)c(OC)cc12. The van der Waals surface area contributed by atoms with Gasteiger partial charge in [-0.3, -0.25) is 9.79 Å². The van der Waals surface area contributed by atoms with Crippen LogP contribution in [0.4, 0.5) is 11.4 Å². The Morgan fingerprint density at radius 3 is 2.39 bits per heavy atom. The van der Waals surface area contributed by atoms with Gasteiger partial charge in [-0.05, 0) is 36.8 Å². The molecule has 4 N–H and O–H groups in total. The molecule has 0 bridgehead atoms. The molecular weight excluding hydrogens is 396 g/mol. The van der Waals surface area contributed by atoms with Gasteiger partial charge >= 0.3 is 0 Å². The lowest BCUT2D eigenvalue weighted by atomic mass is 10.1. The summed E-state index contributed by atoms with van der Waals surface area (Å²) in [6, 6.07) is 11.0. The number of amides is 1. The van der Waals surface area contributed by atoms with Gasteiger partial charge in [-0.1, -0.05) is 6.92 Å². The zero-order valence-corrected chi connectivity index (χ0v) is 18.2. The van der Waals surface area contributed by atoms with Crippen molar-refractivity contribution in [3.63, 3.8) is 0 Å². The number of hydrogen-bond donors (Lipinski definition) is 3. The highest BCUT2D eigenvalue weighted by Crippen LogP contribution is 2.37. The number of fused-ring (bicyclic) bond motifs is 1. The van der Waals surface area contributed by atoms with E-state index in [1.807, 2.05) is 37.3 Å². The number of benzene rings is 2. The predicted molar refractivity (Wildman–Crippen MR) is 123 cm³/mol. The van der Waals surface area contributed by atoms with E-state index in [1.54, 1.807) is 32.2 Å². The van der Waals surface area contributed by atoms with Crippen molar-refractivity contribution in [3.05, 3.63) is 42.0 Å². The average Bonchev–Trinajstić information content (AvgIpc) is 3.10. The molecule has 8 heteroatoms. The first-order valence-corrected chi connectivity index (χ1v) is 10.0. The maximum atomic E-state index is 12.0. The molecule has 0 saturated heterocycles. The van der Waals surface area contributed by atoms with Crippen LogP contribution in [0.1, 0.15) is 25.3 Å². The highest BCUT2D eigenvalue weighted by molar-refractivity contribution is 6.14. The van der Waals surface area contributed by atoms with Crippen LogP contribution < -0.4 is 20.1 Å². The maximum Gasteiger partial charge on any atom is 0.227 e. The smallest absolute Gasteiger partial charge is 0.227 e. The van der Waals surface area contributed by atoms with Crippen LogP contribution in [-0.2, 0) is 4.79 Å². The third kappa shape index (κ3) is 4.49. The van der Waals surface area contributed by atoms with Crippen molar-refractivity contribution in [2.75, 3.05) is 32.7 Å². The van der Waals surface area contributed by atoms with Gasteiger partial charge in [0.2, 0.25) is 5.91 Å². The number of hydrogen-bond acceptors (Lipinski definition) is 6. The highest BCUT2D eigenvalue weighted by atomic mass is 16.5. The molecule has 0 saturated carbocycles. The Hall–Kier alpha value is -3.52. The highest BCUT2D eigenvalue weighted by Gasteiger charge is 2.19. The predicted octanol–water partition coefficient (Wildman–Crippen LogP) is 3.73. The Kier molecular flexibility index (Phi) is 6.81. The van der Waals surface area contributed by atoms with Gasteiger partial charge in [0.15, 0.2) is 17.4 Å². The van der Waals surface area contributed by atoms with Gasteiger partial charge in [0.05, 0.1) is 36.7 Å². The normalized spacial score (nSPS) is 11.6. The number of carbonyl (C=O) groups is 1. The van der Waals surface area contributed by atoms with Gasteiger partial charge in [0.1, 0.15) is 0 Å². The summed E-state index contributed by atoms with van der Waals surface area (Å²) in [5.74, 6) is 1.14. The summed E-state index contributed by atoms with van der Waals surface area (Å²) >= 11 is 0. The molecule has 0 aliphatic heterocycles. The summed E-state index contributed by atoms with van der Waals surface area (Å²) in [5, 5.41) is 11.4. The fraction of sp³-hybridized carbons (Fsp3) is 0.304. The van der Waals surface area contributed by atoms with Gasteiger partial charge in [0, 0.05) is 37.2 Å². The number of ether oxygens (including phenoxy) is 2. The molecular formula is C23H28N4O4. The summed E-state index contributed by atoms with van der Waals surface area (Å²) in [4.78, 5) is 21.3. The van der Waals surface area contributed by atoms with E-state index in [1.165, 1.54) is 0 Å². The molecule has 0 radical (unpaired) electrons. The van der Waals surface area contributed by atoms with Crippen LogP contribution in [0, 0.1) is 0 Å². The minimum atomic E-state index is -0.0407. The minimum Gasteiger partial charge on any atom is -0.494 e. The molecule has 0 aliphatic rings. The summed E-state index contributed by atoms with van der Waals surface area (Å²) in [7, 11) is 4.86. The topological polar surface area (TPSA) is 113 Å². The third-order valence-corrected chi connectivity index (χ3v) is 5.14. The molecule has 1 heterocycles. The molecule has 1 aromatic heterocycles. The third-order valence-electron chi connectivity index (χ3n) is 5.14. The number of nitrogens with two attached hydrogens (primary N) is 1. The number of methoxy groups -OCH3 is 2. The van der Waals surface area contributed by atoms with E-state index in [0.717, 1.165) is 28.0 Å². The fourth-order valence-electron chi connectivity index (χ4n) is 3.45. The van der Waals surface area contributed by atoms with Gasteiger partial charge in [-0.2, -0.15) is 0 Å². The molecule has 0 atom stereocenters. The maximum absolute atomic E-state index is 12.0. The van der Waals surface area contributed by atoms with Gasteiger partial charge in [-0.25, -0.2) is 0 Å². The number of anilines is 1. The molecule has 164 valence electrons. The summed E-state index contributed by atoms with van der Waals surface area (Å²) in [5.41, 5.74) is 9.02. The molecule has 8 nitrogen and oxygen atoms in total. The van der Waals surface area contributed by atoms with Crippen LogP contribution >= 0.6 is 0 Å². The Morgan fingerprint density at radius 2 is 1.81 bits per heavy atom. The molecule has 31 heavy (non-hydrogen) atoms. The second-order valence-electron chi connectivity index (χ2n) is 7.02. The lowest BCUT2D eigenvalue weighted by Gasteiger charge is -2.17. The first kappa shape index (κ1) is 22.2. The van der Waals surface area contributed by atoms with E-state index in [9.17, 15) is 9.90 Å². The van der Waals surface area contributed by atoms with E-state index in [2.05, 4.69) is 4.98 Å². The summed E-state index contributed by atoms with van der Waals surface area (Å²) in [6.07, 6.45) is 0.899. The molecule has 3 aromatic rings. The van der Waals surface area contributed by atoms with Crippen molar-refractivity contribution in [2.45, 2.75) is 19.8 Å². The Labute approximate surface area is 181 Å². The van der Waals surface area contributed by atoms with Crippen molar-refractivity contribution >= 4 is 33.9 Å². The molecule has 0 unspecified atom stereocenters. The first-order valence-electron chi connectivity index (χ1n) is 10.0. The Morgan fingerprint density at radius 1 is 1.16 bits per heavy atom. The second kappa shape index (κ2) is 9.53. The van der Waals surface area contributed by atoms with Crippen molar-refractivity contribution in [2.24, 2.45) is 10.7 Å². The zero-order valence-electron chi connectivity index (χ0n) is 18.2. The first-order chi connectivity index (χ1) is 14.9. The number of rotatable bonds is 8. The molecule has 0 spiro atoms. The van der Waals surface area contributed by atoms with E-state index < -0.39 is 0 Å². The number of aromatic nitrogens is 1. The molecule has 0 aliphatic carbocycles. The number of aliphatic imine (C=N–C) groups is 1. The Bertz CT molecular complexity index is 1100. The van der Waals surface area contributed by atoms with Crippen LogP contribution in [0.25, 0.3) is 10.9 Å². The van der Waals surface area contributed by atoms with Gasteiger partial charge in [-0.15, -0.1) is 0 Å². The van der Waals surface area contributed by atoms with Crippen LogP contribution in [0.5, 0.6) is 17.4 Å². The quantitative estimate of drug-likeness (QED) is 0.477. The van der Waals surface area contributed by atoms with Crippen molar-refractivity contribution in [1.82, 2.24) is 4.98 Å². The number of H-pyrrole nitrogens is 1. The van der Waals surface area contributed by atoms with Crippen molar-refractivity contribution in [3.8, 4) is 17.4 Å². The summed E-state index contributed by atoms with van der Waals surface area (Å²) < 4.78 is 10.8. The second-order valence-corrected chi connectivity index (χ2v) is 7.02. The number of aromatic amines is 1. The van der Waals surface area contributed by atoms with Crippen LogP contribution in [0.2, 0.25) is 0 Å². The van der Waals surface area contributed by atoms with E-state index in [0.29, 0.717) is 36.4 Å². The van der Waals surface area contributed by atoms with Gasteiger partial charge in [0.25, 0.3) is 0 Å². The number of nitrogens with one attached hydrogen (secondary N) is 1. The number of aromatic hydroxyl groups is 1. The van der Waals surface area contributed by atoms with Crippen LogP contribution in [-0.4, -0.2) is 49.5 Å². The van der Waals surface area contributed by atoms with E-state index in [-0.39, 0.29) is 11.8 Å². The van der Waals surface area contributed by atoms with Crippen LogP contribution in [0.3, 0.4) is 0 Å². The molecule has 2 aromatic carbocycles. The van der Waals surface area contributed by atoms with Crippen LogP contribution in [0.15, 0.2) is 41.4 Å². The van der Waals surface area contributed by atoms with Crippen molar-refractivity contribution < 1.29 is 19.4 Å². The average molecular weight is 425 g/mol. The standard InChI is InChI=1S/C23H28N4O4/c1-5-17(25-14-6-8-15(9-7-14)27(2)21(28)10-11-24)22-16-12-19(30-3)20(31-4)13-18(16)26-23(22)29/h6-9,12-13,26,29H,5,10-11,24H2,1-4H3. The lowest BCUT2D eigenvalue weighted by molar-refractivity contribution is -0.118. The van der Waals surface area contributed by atoms with E-state index in [4.69, 9.17) is 20.2 Å². The molecule has 1 amide bonds. The van der Waals surface area contributed by atoms with Crippen molar-refractivity contribution in [1.29, 1.82) is 0 Å². The lowest BCUT2D eigenvalue weighted by Crippen LogP contribution is -2.27. The summed E-state index contributed by atoms with van der Waals surface area (Å²) in [6.45, 7) is 2.29. The fourth-order valence-corrected chi connectivity index (χ4v) is 3.45. The zero-order chi connectivity index (χ0) is 22.5. The minimum absolute atomic E-state index is 0.0367. The number of nitrogens with zero attached hydrogens (tertiary/aromatic N) is 2. The largest absolute Gasteiger partial charge is 0.494 e. The Balaban J connectivity index is 1.99. The van der Waals surface area contributed by atoms with E-state index >= 15 is 0 Å². The van der Waals surface area contributed by atoms with Gasteiger partial charge < -0.3 is 30.2 Å². The molecule has 0 fully saturated rings.